The normalized spacial score (nSPS) is 15.7. The minimum absolute atomic E-state index is 0.0249. The van der Waals surface area contributed by atoms with Crippen molar-refractivity contribution in [2.75, 3.05) is 0 Å². The van der Waals surface area contributed by atoms with Gasteiger partial charge >= 0.3 is 5.97 Å². The van der Waals surface area contributed by atoms with Gasteiger partial charge in [0.2, 0.25) is 0 Å². The molecule has 2 aromatic rings. The Morgan fingerprint density at radius 3 is 2.44 bits per heavy atom. The predicted octanol–water partition coefficient (Wildman–Crippen LogP) is 4.69. The monoisotopic (exact) mass is 397 g/mol. The summed E-state index contributed by atoms with van der Waals surface area (Å²) >= 11 is 6.19. The molecule has 0 radical (unpaired) electrons. The molecule has 0 saturated carbocycles. The summed E-state index contributed by atoms with van der Waals surface area (Å²) in [5.74, 6) is -0.221. The van der Waals surface area contributed by atoms with Crippen LogP contribution in [0.2, 0.25) is 0 Å². The van der Waals surface area contributed by atoms with E-state index in [2.05, 4.69) is 26.1 Å². The van der Waals surface area contributed by atoms with Gasteiger partial charge in [-0.05, 0) is 46.9 Å². The quantitative estimate of drug-likeness (QED) is 0.352. The van der Waals surface area contributed by atoms with E-state index < -0.39 is 5.97 Å². The minimum atomic E-state index is -0.422. The maximum atomic E-state index is 12.4. The molecule has 0 unspecified atom stereocenters. The molecule has 0 bridgehead atoms. The van der Waals surface area contributed by atoms with Crippen LogP contribution in [-0.2, 0) is 10.2 Å². The Hall–Kier alpha value is -2.44. The number of esters is 1. The molecule has 1 fully saturated rings. The van der Waals surface area contributed by atoms with Crippen molar-refractivity contribution in [2.24, 2.45) is 0 Å². The van der Waals surface area contributed by atoms with Crippen LogP contribution >= 0.6 is 24.0 Å². The van der Waals surface area contributed by atoms with Gasteiger partial charge in [-0.1, -0.05) is 69.0 Å². The number of thiocarbonyl (C=S) groups is 1. The molecule has 1 amide bonds. The second-order valence-corrected chi connectivity index (χ2v) is 8.86. The highest BCUT2D eigenvalue weighted by atomic mass is 32.2. The van der Waals surface area contributed by atoms with Crippen LogP contribution in [0.15, 0.2) is 53.4 Å². The third-order valence-corrected chi connectivity index (χ3v) is 5.16. The molecule has 1 N–H and O–H groups in total. The molecule has 0 aromatic heterocycles. The van der Waals surface area contributed by atoms with Crippen LogP contribution in [0.3, 0.4) is 0 Å². The molecule has 1 saturated heterocycles. The minimum Gasteiger partial charge on any atom is -0.423 e. The highest BCUT2D eigenvalue weighted by Crippen LogP contribution is 2.27. The van der Waals surface area contributed by atoms with Gasteiger partial charge in [0.05, 0.1) is 10.5 Å². The van der Waals surface area contributed by atoms with Crippen molar-refractivity contribution < 1.29 is 14.3 Å². The van der Waals surface area contributed by atoms with Gasteiger partial charge in [-0.25, -0.2) is 4.79 Å². The summed E-state index contributed by atoms with van der Waals surface area (Å²) in [7, 11) is 0. The first-order valence-corrected chi connectivity index (χ1v) is 9.62. The van der Waals surface area contributed by atoms with Gasteiger partial charge in [-0.15, -0.1) is 0 Å². The maximum absolute atomic E-state index is 12.4. The van der Waals surface area contributed by atoms with E-state index in [9.17, 15) is 9.59 Å². The second-order valence-electron chi connectivity index (χ2n) is 7.14. The average Bonchev–Trinajstić information content (AvgIpc) is 2.91. The first-order chi connectivity index (χ1) is 12.7. The zero-order valence-electron chi connectivity index (χ0n) is 15.2. The summed E-state index contributed by atoms with van der Waals surface area (Å²) in [6.07, 6.45) is 1.72. The van der Waals surface area contributed by atoms with Crippen molar-refractivity contribution in [3.63, 3.8) is 0 Å². The average molecular weight is 398 g/mol. The number of benzene rings is 2. The molecule has 27 heavy (non-hydrogen) atoms. The van der Waals surface area contributed by atoms with Gasteiger partial charge in [-0.3, -0.25) is 4.79 Å². The zero-order valence-corrected chi connectivity index (χ0v) is 16.9. The topological polar surface area (TPSA) is 55.4 Å². The zero-order chi connectivity index (χ0) is 19.6. The predicted molar refractivity (Wildman–Crippen MR) is 113 cm³/mol. The van der Waals surface area contributed by atoms with Crippen LogP contribution < -0.4 is 10.1 Å². The molecule has 1 heterocycles. The van der Waals surface area contributed by atoms with Gasteiger partial charge in [0, 0.05) is 0 Å². The Kier molecular flexibility index (Phi) is 5.48. The standard InChI is InChI=1S/C21H19NO3S2/c1-21(2,3)15-9-7-14(8-10-15)19(24)25-16-6-4-5-13(11-16)12-17-18(23)22-20(26)27-17/h4-12H,1-3H3,(H,22,23,26). The largest absolute Gasteiger partial charge is 0.423 e. The summed E-state index contributed by atoms with van der Waals surface area (Å²) in [5, 5.41) is 2.57. The summed E-state index contributed by atoms with van der Waals surface area (Å²) < 4.78 is 5.92. The van der Waals surface area contributed by atoms with Crippen molar-refractivity contribution in [3.05, 3.63) is 70.1 Å². The Morgan fingerprint density at radius 2 is 1.85 bits per heavy atom. The molecule has 6 heteroatoms. The molecule has 0 atom stereocenters. The van der Waals surface area contributed by atoms with Crippen LogP contribution in [0.5, 0.6) is 5.75 Å². The van der Waals surface area contributed by atoms with E-state index in [1.165, 1.54) is 11.8 Å². The number of carbonyl (C=O) groups is 2. The molecule has 4 nitrogen and oxygen atoms in total. The number of hydrogen-bond acceptors (Lipinski definition) is 5. The fraction of sp³-hybridized carbons (Fsp3) is 0.190. The third-order valence-electron chi connectivity index (χ3n) is 4.00. The molecule has 2 aromatic carbocycles. The van der Waals surface area contributed by atoms with Crippen LogP contribution in [0.25, 0.3) is 6.08 Å². The van der Waals surface area contributed by atoms with Gasteiger partial charge < -0.3 is 10.1 Å². The van der Waals surface area contributed by atoms with Gasteiger partial charge in [-0.2, -0.15) is 0 Å². The highest BCUT2D eigenvalue weighted by molar-refractivity contribution is 8.26. The van der Waals surface area contributed by atoms with E-state index in [4.69, 9.17) is 17.0 Å². The first-order valence-electron chi connectivity index (χ1n) is 8.40. The highest BCUT2D eigenvalue weighted by Gasteiger charge is 2.22. The van der Waals surface area contributed by atoms with Crippen LogP contribution in [-0.4, -0.2) is 16.2 Å². The van der Waals surface area contributed by atoms with Crippen molar-refractivity contribution in [1.29, 1.82) is 0 Å². The van der Waals surface area contributed by atoms with Crippen LogP contribution in [0.1, 0.15) is 42.3 Å². The van der Waals surface area contributed by atoms with E-state index in [-0.39, 0.29) is 11.3 Å². The summed E-state index contributed by atoms with van der Waals surface area (Å²) in [5.41, 5.74) is 2.42. The lowest BCUT2D eigenvalue weighted by molar-refractivity contribution is -0.115. The van der Waals surface area contributed by atoms with E-state index >= 15 is 0 Å². The molecule has 1 aliphatic heterocycles. The fourth-order valence-corrected chi connectivity index (χ4v) is 3.56. The molecule has 138 valence electrons. The van der Waals surface area contributed by atoms with E-state index in [1.54, 1.807) is 36.4 Å². The molecule has 0 spiro atoms. The van der Waals surface area contributed by atoms with Crippen molar-refractivity contribution >= 4 is 46.3 Å². The lowest BCUT2D eigenvalue weighted by Gasteiger charge is -2.18. The summed E-state index contributed by atoms with van der Waals surface area (Å²) in [4.78, 5) is 24.7. The number of hydrogen-bond donors (Lipinski definition) is 1. The molecular weight excluding hydrogens is 378 g/mol. The molecule has 0 aliphatic carbocycles. The van der Waals surface area contributed by atoms with Crippen molar-refractivity contribution in [2.45, 2.75) is 26.2 Å². The van der Waals surface area contributed by atoms with E-state index in [0.717, 1.165) is 11.1 Å². The van der Waals surface area contributed by atoms with Crippen molar-refractivity contribution in [3.8, 4) is 5.75 Å². The van der Waals surface area contributed by atoms with Crippen LogP contribution in [0.4, 0.5) is 0 Å². The Balaban J connectivity index is 1.74. The van der Waals surface area contributed by atoms with Gasteiger partial charge in [0.15, 0.2) is 0 Å². The number of nitrogens with one attached hydrogen (secondary N) is 1. The molecule has 3 rings (SSSR count). The molecular formula is C21H19NO3S2. The number of thioether (sulfide) groups is 1. The van der Waals surface area contributed by atoms with Crippen LogP contribution in [0, 0.1) is 0 Å². The molecule has 1 aliphatic rings. The smallest absolute Gasteiger partial charge is 0.343 e. The van der Waals surface area contributed by atoms with E-state index in [1.807, 2.05) is 18.2 Å². The first kappa shape index (κ1) is 19.3. The van der Waals surface area contributed by atoms with E-state index in [0.29, 0.717) is 20.5 Å². The number of ether oxygens (including phenoxy) is 1. The third kappa shape index (κ3) is 4.84. The Morgan fingerprint density at radius 1 is 1.15 bits per heavy atom. The van der Waals surface area contributed by atoms with Gasteiger partial charge in [0.1, 0.15) is 10.1 Å². The van der Waals surface area contributed by atoms with Crippen molar-refractivity contribution in [1.82, 2.24) is 5.32 Å². The summed E-state index contributed by atoms with van der Waals surface area (Å²) in [6, 6.07) is 14.4. The lowest BCUT2D eigenvalue weighted by Crippen LogP contribution is -2.17. The Bertz CT molecular complexity index is 941. The summed E-state index contributed by atoms with van der Waals surface area (Å²) in [6.45, 7) is 6.36. The maximum Gasteiger partial charge on any atom is 0.343 e. The fourth-order valence-electron chi connectivity index (χ4n) is 2.51. The number of carbonyl (C=O) groups excluding carboxylic acids is 2. The Labute approximate surface area is 168 Å². The SMILES string of the molecule is CC(C)(C)c1ccc(C(=O)Oc2cccc(C=C3SC(=S)NC3=O)c2)cc1. The van der Waals surface area contributed by atoms with Gasteiger partial charge in [0.25, 0.3) is 5.91 Å². The number of amides is 1. The second kappa shape index (κ2) is 7.66. The lowest BCUT2D eigenvalue weighted by atomic mass is 9.87. The number of rotatable bonds is 3.